The topological polar surface area (TPSA) is 63.2 Å². The second-order valence-corrected chi connectivity index (χ2v) is 6.21. The molecule has 0 aliphatic rings. The molecule has 0 atom stereocenters. The third kappa shape index (κ3) is 4.45. The number of benzene rings is 2. The van der Waals surface area contributed by atoms with E-state index in [-0.39, 0.29) is 5.91 Å². The second-order valence-electron chi connectivity index (χ2n) is 5.36. The monoisotopic (exact) mass is 387 g/mol. The lowest BCUT2D eigenvalue weighted by Crippen LogP contribution is -2.12. The Balaban J connectivity index is 1.66. The van der Waals surface area contributed by atoms with Gasteiger partial charge >= 0.3 is 0 Å². The van der Waals surface area contributed by atoms with Crippen molar-refractivity contribution in [3.05, 3.63) is 76.4 Å². The molecule has 3 aromatic rings. The van der Waals surface area contributed by atoms with Gasteiger partial charge in [-0.05, 0) is 54.6 Å². The molecule has 0 bridgehead atoms. The summed E-state index contributed by atoms with van der Waals surface area (Å²) in [6.45, 7) is 0. The van der Waals surface area contributed by atoms with E-state index in [1.165, 1.54) is 0 Å². The number of rotatable bonds is 5. The summed E-state index contributed by atoms with van der Waals surface area (Å²) in [6.07, 6.45) is 1.56. The summed E-state index contributed by atoms with van der Waals surface area (Å²) in [5, 5.41) is 6.94. The van der Waals surface area contributed by atoms with Crippen molar-refractivity contribution < 1.29 is 9.53 Å². The second kappa shape index (κ2) is 8.08. The first-order valence-electron chi connectivity index (χ1n) is 7.69. The number of halogens is 2. The van der Waals surface area contributed by atoms with Gasteiger partial charge in [-0.2, -0.15) is 0 Å². The van der Waals surface area contributed by atoms with Crippen molar-refractivity contribution in [1.29, 1.82) is 0 Å². The van der Waals surface area contributed by atoms with E-state index < -0.39 is 0 Å². The van der Waals surface area contributed by atoms with E-state index in [4.69, 9.17) is 27.9 Å². The Morgan fingerprint density at radius 3 is 2.42 bits per heavy atom. The molecule has 0 radical (unpaired) electrons. The zero-order valence-electron chi connectivity index (χ0n) is 13.8. The third-order valence-corrected chi connectivity index (χ3v) is 4.12. The lowest BCUT2D eigenvalue weighted by molar-refractivity contribution is 0.102. The van der Waals surface area contributed by atoms with Crippen molar-refractivity contribution in [2.75, 3.05) is 17.7 Å². The number of nitrogens with one attached hydrogen (secondary N) is 2. The van der Waals surface area contributed by atoms with Crippen LogP contribution in [0.3, 0.4) is 0 Å². The number of carbonyl (C=O) groups excluding carboxylic acids is 1. The Hall–Kier alpha value is -2.76. The standard InChI is InChI=1S/C19H15Cl2N3O2/c1-26-15-6-2-12(3-7-15)19(25)23-14-5-9-18(22-11-14)24-17-8-4-13(20)10-16(17)21/h2-11H,1H3,(H,22,24)(H,23,25). The molecular formula is C19H15Cl2N3O2. The number of pyridine rings is 1. The molecule has 26 heavy (non-hydrogen) atoms. The minimum Gasteiger partial charge on any atom is -0.497 e. The Morgan fingerprint density at radius 1 is 1.04 bits per heavy atom. The average Bonchev–Trinajstić information content (AvgIpc) is 2.65. The number of hydrogen-bond acceptors (Lipinski definition) is 4. The summed E-state index contributed by atoms with van der Waals surface area (Å²) in [5.41, 5.74) is 1.80. The van der Waals surface area contributed by atoms with Crippen LogP contribution in [0.25, 0.3) is 0 Å². The maximum absolute atomic E-state index is 12.2. The van der Waals surface area contributed by atoms with Gasteiger partial charge < -0.3 is 15.4 Å². The van der Waals surface area contributed by atoms with E-state index in [0.29, 0.717) is 38.6 Å². The fraction of sp³-hybridized carbons (Fsp3) is 0.0526. The summed E-state index contributed by atoms with van der Waals surface area (Å²) in [5.74, 6) is 1.06. The molecule has 0 spiro atoms. The van der Waals surface area contributed by atoms with Crippen molar-refractivity contribution in [2.24, 2.45) is 0 Å². The molecule has 5 nitrogen and oxygen atoms in total. The van der Waals surface area contributed by atoms with E-state index in [1.54, 1.807) is 67.9 Å². The highest BCUT2D eigenvalue weighted by molar-refractivity contribution is 6.36. The maximum atomic E-state index is 12.2. The van der Waals surface area contributed by atoms with Crippen molar-refractivity contribution in [2.45, 2.75) is 0 Å². The van der Waals surface area contributed by atoms with Gasteiger partial charge in [0.25, 0.3) is 5.91 Å². The van der Waals surface area contributed by atoms with Crippen LogP contribution in [0.1, 0.15) is 10.4 Å². The van der Waals surface area contributed by atoms with Crippen molar-refractivity contribution in [3.8, 4) is 5.75 Å². The SMILES string of the molecule is COc1ccc(C(=O)Nc2ccc(Nc3ccc(Cl)cc3Cl)nc2)cc1. The van der Waals surface area contributed by atoms with Crippen molar-refractivity contribution in [1.82, 2.24) is 4.98 Å². The number of aromatic nitrogens is 1. The fourth-order valence-corrected chi connectivity index (χ4v) is 2.67. The number of anilines is 3. The zero-order chi connectivity index (χ0) is 18.5. The minimum absolute atomic E-state index is 0.226. The number of amides is 1. The molecule has 0 unspecified atom stereocenters. The minimum atomic E-state index is -0.226. The molecule has 3 rings (SSSR count). The summed E-state index contributed by atoms with van der Waals surface area (Å²) in [7, 11) is 1.58. The van der Waals surface area contributed by atoms with Crippen LogP contribution in [0.4, 0.5) is 17.2 Å². The quantitative estimate of drug-likeness (QED) is 0.615. The highest BCUT2D eigenvalue weighted by Gasteiger charge is 2.07. The van der Waals surface area contributed by atoms with Crippen LogP contribution < -0.4 is 15.4 Å². The molecule has 2 aromatic carbocycles. The van der Waals surface area contributed by atoms with E-state index in [1.807, 2.05) is 0 Å². The predicted molar refractivity (Wildman–Crippen MR) is 105 cm³/mol. The largest absolute Gasteiger partial charge is 0.497 e. The van der Waals surface area contributed by atoms with Crippen LogP contribution >= 0.6 is 23.2 Å². The number of nitrogens with zero attached hydrogens (tertiary/aromatic N) is 1. The van der Waals surface area contributed by atoms with Gasteiger partial charge in [0.05, 0.1) is 29.7 Å². The van der Waals surface area contributed by atoms with Crippen LogP contribution in [0.2, 0.25) is 10.0 Å². The van der Waals surface area contributed by atoms with Crippen LogP contribution in [0.15, 0.2) is 60.8 Å². The first kappa shape index (κ1) is 18.0. The van der Waals surface area contributed by atoms with E-state index >= 15 is 0 Å². The Bertz CT molecular complexity index is 913. The molecule has 132 valence electrons. The van der Waals surface area contributed by atoms with Gasteiger partial charge in [0.1, 0.15) is 11.6 Å². The molecule has 0 aliphatic carbocycles. The van der Waals surface area contributed by atoms with Crippen LogP contribution in [0.5, 0.6) is 5.75 Å². The van der Waals surface area contributed by atoms with Crippen LogP contribution in [0, 0.1) is 0 Å². The fourth-order valence-electron chi connectivity index (χ4n) is 2.22. The Morgan fingerprint density at radius 2 is 1.81 bits per heavy atom. The molecule has 1 aromatic heterocycles. The summed E-state index contributed by atoms with van der Waals surface area (Å²) >= 11 is 12.0. The summed E-state index contributed by atoms with van der Waals surface area (Å²) in [4.78, 5) is 16.5. The van der Waals surface area contributed by atoms with E-state index in [9.17, 15) is 4.79 Å². The molecule has 2 N–H and O–H groups in total. The third-order valence-electron chi connectivity index (χ3n) is 3.57. The summed E-state index contributed by atoms with van der Waals surface area (Å²) in [6, 6.07) is 15.5. The van der Waals surface area contributed by atoms with Gasteiger partial charge in [0.2, 0.25) is 0 Å². The number of carbonyl (C=O) groups is 1. The van der Waals surface area contributed by atoms with Gasteiger partial charge in [-0.1, -0.05) is 23.2 Å². The van der Waals surface area contributed by atoms with Crippen LogP contribution in [-0.4, -0.2) is 18.0 Å². The molecule has 0 saturated carbocycles. The lowest BCUT2D eigenvalue weighted by atomic mass is 10.2. The predicted octanol–water partition coefficient (Wildman–Crippen LogP) is 5.39. The van der Waals surface area contributed by atoms with Gasteiger partial charge in [-0.3, -0.25) is 4.79 Å². The van der Waals surface area contributed by atoms with Gasteiger partial charge in [-0.15, -0.1) is 0 Å². The Kier molecular flexibility index (Phi) is 5.61. The average molecular weight is 388 g/mol. The number of ether oxygens (including phenoxy) is 1. The molecule has 1 amide bonds. The van der Waals surface area contributed by atoms with Crippen LogP contribution in [-0.2, 0) is 0 Å². The number of methoxy groups -OCH3 is 1. The Labute approximate surface area is 160 Å². The van der Waals surface area contributed by atoms with Gasteiger partial charge in [0.15, 0.2) is 0 Å². The molecule has 0 aliphatic heterocycles. The molecule has 0 saturated heterocycles. The van der Waals surface area contributed by atoms with E-state index in [2.05, 4.69) is 15.6 Å². The molecular weight excluding hydrogens is 373 g/mol. The molecule has 0 fully saturated rings. The first-order valence-corrected chi connectivity index (χ1v) is 8.44. The van der Waals surface area contributed by atoms with Crippen molar-refractivity contribution >= 4 is 46.3 Å². The smallest absolute Gasteiger partial charge is 0.255 e. The zero-order valence-corrected chi connectivity index (χ0v) is 15.3. The van der Waals surface area contributed by atoms with Crippen molar-refractivity contribution in [3.63, 3.8) is 0 Å². The normalized spacial score (nSPS) is 10.3. The lowest BCUT2D eigenvalue weighted by Gasteiger charge is -2.09. The molecule has 7 heteroatoms. The highest BCUT2D eigenvalue weighted by atomic mass is 35.5. The summed E-state index contributed by atoms with van der Waals surface area (Å²) < 4.78 is 5.08. The molecule has 1 heterocycles. The van der Waals surface area contributed by atoms with E-state index in [0.717, 1.165) is 0 Å². The van der Waals surface area contributed by atoms with Gasteiger partial charge in [0, 0.05) is 10.6 Å². The number of hydrogen-bond donors (Lipinski definition) is 2. The first-order chi connectivity index (χ1) is 12.5. The van der Waals surface area contributed by atoms with Gasteiger partial charge in [-0.25, -0.2) is 4.98 Å². The maximum Gasteiger partial charge on any atom is 0.255 e. The highest BCUT2D eigenvalue weighted by Crippen LogP contribution is 2.27.